The van der Waals surface area contributed by atoms with E-state index >= 15 is 0 Å². The lowest BCUT2D eigenvalue weighted by Crippen LogP contribution is -2.30. The molecule has 134 valence electrons. The van der Waals surface area contributed by atoms with Crippen molar-refractivity contribution < 1.29 is 9.32 Å². The fourth-order valence-corrected chi connectivity index (χ4v) is 3.52. The summed E-state index contributed by atoms with van der Waals surface area (Å²) in [7, 11) is 0. The molecule has 2 aromatic heterocycles. The Balaban J connectivity index is 1.75. The average molecular weight is 342 g/mol. The van der Waals surface area contributed by atoms with E-state index < -0.39 is 0 Å². The number of carbonyl (C=O) groups is 1. The van der Waals surface area contributed by atoms with Crippen LogP contribution in [-0.2, 0) is 0 Å². The van der Waals surface area contributed by atoms with Gasteiger partial charge in [-0.3, -0.25) is 4.79 Å². The van der Waals surface area contributed by atoms with E-state index in [4.69, 9.17) is 4.52 Å². The first-order valence-corrected chi connectivity index (χ1v) is 9.42. The van der Waals surface area contributed by atoms with Gasteiger partial charge in [0, 0.05) is 30.6 Å². The minimum Gasteiger partial charge on any atom is -0.352 e. The molecule has 1 saturated carbocycles. The average Bonchev–Trinajstić information content (AvgIpc) is 3.39. The predicted molar refractivity (Wildman–Crippen MR) is 95.8 cm³/mol. The lowest BCUT2D eigenvalue weighted by Gasteiger charge is -2.21. The number of nitrogens with zero attached hydrogens (tertiary/aromatic N) is 2. The maximum atomic E-state index is 12.9. The van der Waals surface area contributed by atoms with Gasteiger partial charge in [0.25, 0.3) is 11.6 Å². The summed E-state index contributed by atoms with van der Waals surface area (Å²) in [6, 6.07) is 1.96. The van der Waals surface area contributed by atoms with Gasteiger partial charge in [-0.1, -0.05) is 19.0 Å². The molecule has 1 aliphatic carbocycles. The van der Waals surface area contributed by atoms with E-state index in [1.165, 1.54) is 0 Å². The van der Waals surface area contributed by atoms with E-state index in [-0.39, 0.29) is 11.8 Å². The third-order valence-corrected chi connectivity index (χ3v) is 5.09. The highest BCUT2D eigenvalue weighted by molar-refractivity contribution is 6.06. The number of carbonyl (C=O) groups excluding carboxylic acids is 1. The molecule has 0 radical (unpaired) electrons. The summed E-state index contributed by atoms with van der Waals surface area (Å²) in [6.07, 6.45) is 4.45. The van der Waals surface area contributed by atoms with Crippen molar-refractivity contribution in [1.82, 2.24) is 20.8 Å². The van der Waals surface area contributed by atoms with Gasteiger partial charge in [0.05, 0.1) is 16.6 Å². The van der Waals surface area contributed by atoms with Gasteiger partial charge in [-0.05, 0) is 44.2 Å². The SMILES string of the molecule is CC(C)CNC(=O)c1cc(C2CC2)nc2onc(C3CCCNC3)c12. The Morgan fingerprint density at radius 1 is 1.36 bits per heavy atom. The van der Waals surface area contributed by atoms with E-state index in [0.29, 0.717) is 29.7 Å². The summed E-state index contributed by atoms with van der Waals surface area (Å²) in [5.41, 5.74) is 3.03. The summed E-state index contributed by atoms with van der Waals surface area (Å²) >= 11 is 0. The highest BCUT2D eigenvalue weighted by atomic mass is 16.5. The molecule has 4 rings (SSSR count). The zero-order valence-electron chi connectivity index (χ0n) is 15.0. The first-order valence-electron chi connectivity index (χ1n) is 9.42. The molecular weight excluding hydrogens is 316 g/mol. The monoisotopic (exact) mass is 342 g/mol. The normalized spacial score (nSPS) is 21.0. The number of pyridine rings is 1. The Labute approximate surface area is 147 Å². The van der Waals surface area contributed by atoms with Crippen LogP contribution in [0.2, 0.25) is 0 Å². The van der Waals surface area contributed by atoms with Crippen LogP contribution in [0.1, 0.15) is 73.1 Å². The lowest BCUT2D eigenvalue weighted by molar-refractivity contribution is 0.0950. The van der Waals surface area contributed by atoms with Crippen molar-refractivity contribution in [3.63, 3.8) is 0 Å². The Kier molecular flexibility index (Phi) is 4.46. The molecule has 1 unspecified atom stereocenters. The van der Waals surface area contributed by atoms with Crippen molar-refractivity contribution in [3.8, 4) is 0 Å². The first kappa shape index (κ1) is 16.5. The van der Waals surface area contributed by atoms with Gasteiger partial charge >= 0.3 is 0 Å². The van der Waals surface area contributed by atoms with Crippen LogP contribution in [0.5, 0.6) is 0 Å². The van der Waals surface area contributed by atoms with Gasteiger partial charge in [-0.2, -0.15) is 0 Å². The molecule has 2 fully saturated rings. The second-order valence-corrected chi connectivity index (χ2v) is 7.76. The van der Waals surface area contributed by atoms with Crippen molar-refractivity contribution in [1.29, 1.82) is 0 Å². The van der Waals surface area contributed by atoms with Crippen molar-refractivity contribution in [2.24, 2.45) is 5.92 Å². The van der Waals surface area contributed by atoms with Crippen molar-refractivity contribution in [3.05, 3.63) is 23.0 Å². The van der Waals surface area contributed by atoms with Crippen LogP contribution in [0, 0.1) is 5.92 Å². The topological polar surface area (TPSA) is 80.1 Å². The van der Waals surface area contributed by atoms with Crippen LogP contribution in [0.3, 0.4) is 0 Å². The standard InChI is InChI=1S/C19H26N4O2/c1-11(2)9-21-18(24)14-8-15(12-5-6-12)22-19-16(14)17(23-25-19)13-4-3-7-20-10-13/h8,11-13,20H,3-7,9-10H2,1-2H3,(H,21,24). The molecule has 25 heavy (non-hydrogen) atoms. The van der Waals surface area contributed by atoms with Crippen LogP contribution < -0.4 is 10.6 Å². The molecule has 2 N–H and O–H groups in total. The first-order chi connectivity index (χ1) is 12.1. The Bertz CT molecular complexity index is 773. The molecule has 1 atom stereocenters. The number of fused-ring (bicyclic) bond motifs is 1. The van der Waals surface area contributed by atoms with Gasteiger partial charge in [-0.15, -0.1) is 0 Å². The van der Waals surface area contributed by atoms with Crippen LogP contribution in [0.4, 0.5) is 0 Å². The van der Waals surface area contributed by atoms with E-state index in [0.717, 1.165) is 55.5 Å². The highest BCUT2D eigenvalue weighted by Crippen LogP contribution is 2.41. The van der Waals surface area contributed by atoms with Gasteiger partial charge in [0.2, 0.25) is 0 Å². The molecule has 1 amide bonds. The molecule has 2 aliphatic rings. The van der Waals surface area contributed by atoms with Gasteiger partial charge < -0.3 is 15.2 Å². The smallest absolute Gasteiger partial charge is 0.259 e. The summed E-state index contributed by atoms with van der Waals surface area (Å²) in [4.78, 5) is 17.5. The molecule has 0 spiro atoms. The molecule has 6 heteroatoms. The Morgan fingerprint density at radius 2 is 2.20 bits per heavy atom. The molecule has 3 heterocycles. The largest absolute Gasteiger partial charge is 0.352 e. The Morgan fingerprint density at radius 3 is 2.88 bits per heavy atom. The van der Waals surface area contributed by atoms with Gasteiger partial charge in [0.15, 0.2) is 0 Å². The zero-order valence-corrected chi connectivity index (χ0v) is 15.0. The maximum Gasteiger partial charge on any atom is 0.259 e. The molecule has 0 aromatic carbocycles. The van der Waals surface area contributed by atoms with Crippen LogP contribution in [0.15, 0.2) is 10.6 Å². The molecule has 2 aromatic rings. The number of aromatic nitrogens is 2. The second kappa shape index (κ2) is 6.75. The van der Waals surface area contributed by atoms with Gasteiger partial charge in [0.1, 0.15) is 0 Å². The van der Waals surface area contributed by atoms with Crippen LogP contribution in [0.25, 0.3) is 11.1 Å². The quantitative estimate of drug-likeness (QED) is 0.873. The fraction of sp³-hybridized carbons (Fsp3) is 0.632. The highest BCUT2D eigenvalue weighted by Gasteiger charge is 2.31. The molecule has 6 nitrogen and oxygen atoms in total. The third kappa shape index (κ3) is 3.40. The molecular formula is C19H26N4O2. The number of amides is 1. The third-order valence-electron chi connectivity index (χ3n) is 5.09. The van der Waals surface area contributed by atoms with E-state index in [9.17, 15) is 4.79 Å². The summed E-state index contributed by atoms with van der Waals surface area (Å²) in [6.45, 7) is 6.76. The summed E-state index contributed by atoms with van der Waals surface area (Å²) in [5.74, 6) is 1.11. The number of nitrogens with one attached hydrogen (secondary N) is 2. The summed E-state index contributed by atoms with van der Waals surface area (Å²) < 4.78 is 5.57. The maximum absolute atomic E-state index is 12.9. The number of hydrogen-bond acceptors (Lipinski definition) is 5. The predicted octanol–water partition coefficient (Wildman–Crippen LogP) is 2.95. The van der Waals surface area contributed by atoms with Crippen molar-refractivity contribution >= 4 is 17.0 Å². The zero-order chi connectivity index (χ0) is 17.4. The van der Waals surface area contributed by atoms with Crippen LogP contribution >= 0.6 is 0 Å². The van der Waals surface area contributed by atoms with Gasteiger partial charge in [-0.25, -0.2) is 4.98 Å². The van der Waals surface area contributed by atoms with Crippen molar-refractivity contribution in [2.75, 3.05) is 19.6 Å². The molecule has 1 saturated heterocycles. The number of hydrogen-bond donors (Lipinski definition) is 2. The van der Waals surface area contributed by atoms with E-state index in [1.807, 2.05) is 6.07 Å². The van der Waals surface area contributed by atoms with Crippen LogP contribution in [-0.4, -0.2) is 35.7 Å². The lowest BCUT2D eigenvalue weighted by atomic mass is 9.92. The number of piperidine rings is 1. The molecule has 0 bridgehead atoms. The minimum absolute atomic E-state index is 0.0452. The minimum atomic E-state index is -0.0452. The summed E-state index contributed by atoms with van der Waals surface area (Å²) in [5, 5.41) is 11.6. The number of rotatable bonds is 5. The van der Waals surface area contributed by atoms with E-state index in [1.54, 1.807) is 0 Å². The fourth-order valence-electron chi connectivity index (χ4n) is 3.52. The molecule has 1 aliphatic heterocycles. The van der Waals surface area contributed by atoms with E-state index in [2.05, 4.69) is 34.6 Å². The van der Waals surface area contributed by atoms with Crippen molar-refractivity contribution in [2.45, 2.75) is 51.4 Å². The second-order valence-electron chi connectivity index (χ2n) is 7.76. The Hall–Kier alpha value is -1.95.